The number of carbonyl (C=O) groups is 1. The van der Waals surface area contributed by atoms with Gasteiger partial charge in [0.25, 0.3) is 5.91 Å². The number of carbonyl (C=O) groups excluding carboxylic acids is 1. The predicted octanol–water partition coefficient (Wildman–Crippen LogP) is 7.58. The Morgan fingerprint density at radius 1 is 0.800 bits per heavy atom. The first kappa shape index (κ1) is 27.4. The Kier molecular flexibility index (Phi) is 9.11. The molecule has 0 aliphatic rings. The van der Waals surface area contributed by atoms with Crippen molar-refractivity contribution < 1.29 is 4.79 Å². The topological polar surface area (TPSA) is 58.1 Å². The number of hydrogen-bond donors (Lipinski definition) is 1. The molecule has 0 fully saturated rings. The van der Waals surface area contributed by atoms with E-state index < -0.39 is 0 Å². The Balaban J connectivity index is 1.23. The van der Waals surface area contributed by atoms with Crippen LogP contribution in [0.15, 0.2) is 126 Å². The van der Waals surface area contributed by atoms with E-state index in [0.717, 1.165) is 29.1 Å². The summed E-state index contributed by atoms with van der Waals surface area (Å²) in [5, 5.41) is 4.22. The number of thioether (sulfide) groups is 1. The molecule has 200 valence electrons. The summed E-state index contributed by atoms with van der Waals surface area (Å²) in [5.41, 5.74) is 4.93. The second-order valence-corrected chi connectivity index (χ2v) is 10.7. The van der Waals surface area contributed by atoms with Gasteiger partial charge in [-0.25, -0.2) is 9.97 Å². The molecule has 40 heavy (non-hydrogen) atoms. The molecule has 0 unspecified atom stereocenters. The van der Waals surface area contributed by atoms with Crippen LogP contribution in [0.4, 0.5) is 5.82 Å². The molecular formula is C33H29ClN4OS. The predicted molar refractivity (Wildman–Crippen MR) is 164 cm³/mol. The third kappa shape index (κ3) is 7.29. The number of hydrogen-bond acceptors (Lipinski definition) is 5. The number of nitrogens with zero attached hydrogens (tertiary/aromatic N) is 3. The summed E-state index contributed by atoms with van der Waals surface area (Å²) < 4.78 is 0. The average Bonchev–Trinajstić information content (AvgIpc) is 3.00. The van der Waals surface area contributed by atoms with Crippen LogP contribution in [0.3, 0.4) is 0 Å². The Hall–Kier alpha value is -4.13. The Morgan fingerprint density at radius 2 is 1.38 bits per heavy atom. The van der Waals surface area contributed by atoms with Crippen molar-refractivity contribution in [3.05, 3.63) is 154 Å². The molecule has 5 aromatic rings. The second-order valence-electron chi connectivity index (χ2n) is 9.39. The van der Waals surface area contributed by atoms with Crippen molar-refractivity contribution in [2.45, 2.75) is 23.5 Å². The largest absolute Gasteiger partial charge is 0.355 e. The fraction of sp³-hybridized carbons (Fsp3) is 0.121. The highest BCUT2D eigenvalue weighted by Crippen LogP contribution is 2.26. The maximum absolute atomic E-state index is 13.2. The zero-order valence-electron chi connectivity index (χ0n) is 22.1. The highest BCUT2D eigenvalue weighted by molar-refractivity contribution is 7.98. The van der Waals surface area contributed by atoms with Crippen molar-refractivity contribution in [3.63, 3.8) is 0 Å². The van der Waals surface area contributed by atoms with E-state index in [0.29, 0.717) is 21.6 Å². The van der Waals surface area contributed by atoms with E-state index in [1.165, 1.54) is 17.3 Å². The van der Waals surface area contributed by atoms with E-state index in [1.807, 2.05) is 110 Å². The molecule has 1 amide bonds. The zero-order valence-corrected chi connectivity index (χ0v) is 23.6. The molecule has 5 rings (SSSR count). The van der Waals surface area contributed by atoms with Crippen molar-refractivity contribution in [2.75, 3.05) is 11.9 Å². The smallest absolute Gasteiger partial charge is 0.252 e. The third-order valence-electron chi connectivity index (χ3n) is 6.44. The molecule has 1 aromatic heterocycles. The van der Waals surface area contributed by atoms with Gasteiger partial charge in [-0.3, -0.25) is 4.79 Å². The van der Waals surface area contributed by atoms with Crippen LogP contribution in [-0.4, -0.2) is 22.9 Å². The molecule has 0 bridgehead atoms. The highest BCUT2D eigenvalue weighted by Gasteiger charge is 2.18. The quantitative estimate of drug-likeness (QED) is 0.108. The van der Waals surface area contributed by atoms with Crippen molar-refractivity contribution in [3.8, 4) is 0 Å². The van der Waals surface area contributed by atoms with Crippen LogP contribution in [0, 0.1) is 0 Å². The molecule has 0 spiro atoms. The average molecular weight is 565 g/mol. The minimum atomic E-state index is -0.237. The molecule has 0 saturated carbocycles. The number of amides is 1. The molecule has 0 saturated heterocycles. The number of aromatic nitrogens is 2. The van der Waals surface area contributed by atoms with Crippen molar-refractivity contribution in [2.24, 2.45) is 0 Å². The van der Waals surface area contributed by atoms with Crippen LogP contribution in [-0.2, 0) is 12.3 Å². The molecule has 0 radical (unpaired) electrons. The van der Waals surface area contributed by atoms with Crippen LogP contribution in [0.25, 0.3) is 0 Å². The number of nitrogens with one attached hydrogen (secondary N) is 1. The summed E-state index contributed by atoms with van der Waals surface area (Å²) in [5.74, 6) is 1.30. The van der Waals surface area contributed by atoms with Gasteiger partial charge in [0.05, 0.1) is 6.04 Å². The van der Waals surface area contributed by atoms with Crippen molar-refractivity contribution in [1.29, 1.82) is 0 Å². The van der Waals surface area contributed by atoms with Gasteiger partial charge in [-0.2, -0.15) is 0 Å². The summed E-state index contributed by atoms with van der Waals surface area (Å²) in [6, 6.07) is 39.4. The molecule has 7 heteroatoms. The van der Waals surface area contributed by atoms with E-state index in [2.05, 4.69) is 27.3 Å². The molecule has 5 nitrogen and oxygen atoms in total. The van der Waals surface area contributed by atoms with Gasteiger partial charge in [0.1, 0.15) is 11.0 Å². The number of halogens is 1. The minimum absolute atomic E-state index is 0.124. The first-order chi connectivity index (χ1) is 19.5. The molecule has 1 N–H and O–H groups in total. The lowest BCUT2D eigenvalue weighted by molar-refractivity contribution is 0.0943. The summed E-state index contributed by atoms with van der Waals surface area (Å²) in [7, 11) is 1.99. The summed E-state index contributed by atoms with van der Waals surface area (Å²) in [6.45, 7) is 0.719. The lowest BCUT2D eigenvalue weighted by Gasteiger charge is -2.20. The molecule has 0 aliphatic heterocycles. The van der Waals surface area contributed by atoms with Gasteiger partial charge in [-0.1, -0.05) is 126 Å². The minimum Gasteiger partial charge on any atom is -0.355 e. The molecule has 1 heterocycles. The van der Waals surface area contributed by atoms with E-state index in [-0.39, 0.29) is 11.9 Å². The van der Waals surface area contributed by atoms with Crippen molar-refractivity contribution in [1.82, 2.24) is 15.3 Å². The van der Waals surface area contributed by atoms with Crippen LogP contribution in [0.2, 0.25) is 5.15 Å². The third-order valence-corrected chi connectivity index (χ3v) is 7.55. The van der Waals surface area contributed by atoms with Gasteiger partial charge in [0, 0.05) is 31.0 Å². The molecule has 4 aromatic carbocycles. The molecule has 0 atom stereocenters. The number of benzene rings is 4. The standard InChI is InChI=1S/C33H29ClN4OS/c1-38(22-24-11-5-2-6-12-24)30-21-29(34)35-33(36-30)40-23-25-17-19-28(20-18-25)32(39)37-31(26-13-7-3-8-14-26)27-15-9-4-10-16-27/h2-21,31H,22-23H2,1H3,(H,37,39). The monoisotopic (exact) mass is 564 g/mol. The highest BCUT2D eigenvalue weighted by atomic mass is 35.5. The Labute approximate surface area is 244 Å². The van der Waals surface area contributed by atoms with E-state index in [4.69, 9.17) is 16.6 Å². The number of rotatable bonds is 10. The van der Waals surface area contributed by atoms with Gasteiger partial charge in [0.15, 0.2) is 5.16 Å². The van der Waals surface area contributed by atoms with Crippen LogP contribution >= 0.6 is 23.4 Å². The maximum Gasteiger partial charge on any atom is 0.252 e. The van der Waals surface area contributed by atoms with Gasteiger partial charge >= 0.3 is 0 Å². The van der Waals surface area contributed by atoms with Gasteiger partial charge in [-0.05, 0) is 34.4 Å². The fourth-order valence-electron chi connectivity index (χ4n) is 4.35. The second kappa shape index (κ2) is 13.3. The van der Waals surface area contributed by atoms with Gasteiger partial charge in [0.2, 0.25) is 0 Å². The van der Waals surface area contributed by atoms with E-state index in [9.17, 15) is 4.79 Å². The summed E-state index contributed by atoms with van der Waals surface area (Å²) >= 11 is 7.84. The van der Waals surface area contributed by atoms with Crippen LogP contribution in [0.5, 0.6) is 0 Å². The molecular weight excluding hydrogens is 536 g/mol. The zero-order chi connectivity index (χ0) is 27.7. The lowest BCUT2D eigenvalue weighted by atomic mass is 9.98. The maximum atomic E-state index is 13.2. The molecule has 0 aliphatic carbocycles. The first-order valence-electron chi connectivity index (χ1n) is 13.0. The van der Waals surface area contributed by atoms with Crippen molar-refractivity contribution >= 4 is 35.1 Å². The fourth-order valence-corrected chi connectivity index (χ4v) is 5.39. The summed E-state index contributed by atoms with van der Waals surface area (Å²) in [4.78, 5) is 24.4. The van der Waals surface area contributed by atoms with Gasteiger partial charge < -0.3 is 10.2 Å². The SMILES string of the molecule is CN(Cc1ccccc1)c1cc(Cl)nc(SCc2ccc(C(=O)NC(c3ccccc3)c3ccccc3)cc2)n1. The normalized spacial score (nSPS) is 10.9. The number of anilines is 1. The summed E-state index contributed by atoms with van der Waals surface area (Å²) in [6.07, 6.45) is 0. The Morgan fingerprint density at radius 3 is 1.98 bits per heavy atom. The van der Waals surface area contributed by atoms with E-state index >= 15 is 0 Å². The van der Waals surface area contributed by atoms with Crippen LogP contribution < -0.4 is 10.2 Å². The first-order valence-corrected chi connectivity index (χ1v) is 14.3. The van der Waals surface area contributed by atoms with Crippen LogP contribution in [0.1, 0.15) is 38.7 Å². The Bertz CT molecular complexity index is 1490. The van der Waals surface area contributed by atoms with E-state index in [1.54, 1.807) is 6.07 Å². The lowest BCUT2D eigenvalue weighted by Crippen LogP contribution is -2.29. The van der Waals surface area contributed by atoms with Gasteiger partial charge in [-0.15, -0.1) is 0 Å².